The molecule has 2 atom stereocenters. The van der Waals surface area contributed by atoms with Crippen LogP contribution in [0.15, 0.2) is 0 Å². The van der Waals surface area contributed by atoms with Gasteiger partial charge in [0.15, 0.2) is 0 Å². The van der Waals surface area contributed by atoms with Crippen LogP contribution in [0.4, 0.5) is 0 Å². The van der Waals surface area contributed by atoms with Crippen molar-refractivity contribution in [3.05, 3.63) is 0 Å². The summed E-state index contributed by atoms with van der Waals surface area (Å²) in [6.07, 6.45) is 10.0. The second-order valence-electron chi connectivity index (χ2n) is 6.24. The second kappa shape index (κ2) is 5.25. The summed E-state index contributed by atoms with van der Waals surface area (Å²) in [5.41, 5.74) is 0. The minimum absolute atomic E-state index is 0.530. The van der Waals surface area contributed by atoms with Crippen molar-refractivity contribution in [3.63, 3.8) is 0 Å². The van der Waals surface area contributed by atoms with Gasteiger partial charge >= 0.3 is 0 Å². The summed E-state index contributed by atoms with van der Waals surface area (Å²) in [4.78, 5) is 0. The summed E-state index contributed by atoms with van der Waals surface area (Å²) in [6.45, 7) is 1.21. The third-order valence-corrected chi connectivity index (χ3v) is 4.98. The smallest absolute Gasteiger partial charge is 0.0601 e. The quantitative estimate of drug-likeness (QED) is 0.764. The Bertz CT molecular complexity index is 241. The van der Waals surface area contributed by atoms with Gasteiger partial charge in [-0.05, 0) is 57.4 Å². The third-order valence-electron chi connectivity index (χ3n) is 4.98. The fourth-order valence-corrected chi connectivity index (χ4v) is 3.83. The molecule has 0 aromatic carbocycles. The first-order valence-corrected chi connectivity index (χ1v) is 7.35. The van der Waals surface area contributed by atoms with Crippen LogP contribution in [0, 0.1) is 5.92 Å². The van der Waals surface area contributed by atoms with Crippen LogP contribution in [0.2, 0.25) is 0 Å². The normalized spacial score (nSPS) is 44.6. The first kappa shape index (κ1) is 11.9. The lowest BCUT2D eigenvalue weighted by Crippen LogP contribution is -2.46. The molecule has 0 aromatic rings. The predicted molar refractivity (Wildman–Crippen MR) is 69.1 cm³/mol. The van der Waals surface area contributed by atoms with Crippen molar-refractivity contribution in [2.24, 2.45) is 5.92 Å². The Morgan fingerprint density at radius 1 is 1.12 bits per heavy atom. The van der Waals surface area contributed by atoms with E-state index in [0.29, 0.717) is 6.10 Å². The summed E-state index contributed by atoms with van der Waals surface area (Å²) in [5.74, 6) is 0.972. The molecule has 0 radical (unpaired) electrons. The average Bonchev–Trinajstić information content (AvgIpc) is 2.61. The van der Waals surface area contributed by atoms with Crippen LogP contribution in [0.3, 0.4) is 0 Å². The molecular weight excluding hydrogens is 212 g/mol. The largest absolute Gasteiger partial charge is 0.381 e. The number of methoxy groups -OCH3 is 1. The molecule has 3 rings (SSSR count). The highest BCUT2D eigenvalue weighted by atomic mass is 16.5. The third kappa shape index (κ3) is 2.83. The second-order valence-corrected chi connectivity index (χ2v) is 6.24. The standard InChI is InChI=1S/C14H26N2O/c1-17-14-8-13(9-14)15-5-4-10-6-11-2-3-12(7-10)16-11/h10-16H,2-9H2,1H3. The fourth-order valence-electron chi connectivity index (χ4n) is 3.83. The number of nitrogens with one attached hydrogen (secondary N) is 2. The fraction of sp³-hybridized carbons (Fsp3) is 1.00. The molecule has 2 aliphatic heterocycles. The SMILES string of the molecule is COC1CC(NCCC2CC3CCC(C2)N3)C1. The van der Waals surface area contributed by atoms with Gasteiger partial charge in [-0.2, -0.15) is 0 Å². The predicted octanol–water partition coefficient (Wildman–Crippen LogP) is 1.67. The van der Waals surface area contributed by atoms with Crippen molar-refractivity contribution in [2.75, 3.05) is 13.7 Å². The van der Waals surface area contributed by atoms with Crippen molar-refractivity contribution in [1.29, 1.82) is 0 Å². The van der Waals surface area contributed by atoms with Crippen molar-refractivity contribution in [1.82, 2.24) is 10.6 Å². The van der Waals surface area contributed by atoms with Crippen LogP contribution in [-0.2, 0) is 4.74 Å². The van der Waals surface area contributed by atoms with E-state index in [-0.39, 0.29) is 0 Å². The number of hydrogen-bond donors (Lipinski definition) is 2. The summed E-state index contributed by atoms with van der Waals surface area (Å²) in [6, 6.07) is 2.43. The van der Waals surface area contributed by atoms with E-state index < -0.39 is 0 Å². The molecule has 3 aliphatic rings. The molecule has 2 heterocycles. The maximum atomic E-state index is 5.30. The number of rotatable bonds is 5. The van der Waals surface area contributed by atoms with Crippen LogP contribution in [0.5, 0.6) is 0 Å². The molecule has 2 N–H and O–H groups in total. The molecule has 0 amide bonds. The average molecular weight is 238 g/mol. The number of hydrogen-bond acceptors (Lipinski definition) is 3. The van der Waals surface area contributed by atoms with Crippen LogP contribution < -0.4 is 10.6 Å². The van der Waals surface area contributed by atoms with Crippen LogP contribution in [-0.4, -0.2) is 37.9 Å². The molecule has 3 fully saturated rings. The van der Waals surface area contributed by atoms with Crippen molar-refractivity contribution < 1.29 is 4.74 Å². The number of fused-ring (bicyclic) bond motifs is 2. The van der Waals surface area contributed by atoms with Crippen LogP contribution in [0.1, 0.15) is 44.9 Å². The molecule has 0 aromatic heterocycles. The summed E-state index contributed by atoms with van der Waals surface area (Å²) >= 11 is 0. The van der Waals surface area contributed by atoms with E-state index in [1.807, 2.05) is 7.11 Å². The van der Waals surface area contributed by atoms with E-state index in [1.165, 1.54) is 51.5 Å². The monoisotopic (exact) mass is 238 g/mol. The summed E-state index contributed by atoms with van der Waals surface area (Å²) < 4.78 is 5.30. The van der Waals surface area contributed by atoms with Gasteiger partial charge < -0.3 is 15.4 Å². The van der Waals surface area contributed by atoms with Gasteiger partial charge in [0.25, 0.3) is 0 Å². The minimum Gasteiger partial charge on any atom is -0.381 e. The van der Waals surface area contributed by atoms with E-state index >= 15 is 0 Å². The van der Waals surface area contributed by atoms with Gasteiger partial charge in [-0.3, -0.25) is 0 Å². The summed E-state index contributed by atoms with van der Waals surface area (Å²) in [7, 11) is 1.83. The van der Waals surface area contributed by atoms with Crippen molar-refractivity contribution >= 4 is 0 Å². The maximum absolute atomic E-state index is 5.30. The molecule has 2 unspecified atom stereocenters. The Kier molecular flexibility index (Phi) is 3.69. The van der Waals surface area contributed by atoms with Crippen LogP contribution >= 0.6 is 0 Å². The first-order valence-electron chi connectivity index (χ1n) is 7.35. The molecule has 1 aliphatic carbocycles. The minimum atomic E-state index is 0.530. The zero-order chi connectivity index (χ0) is 11.7. The number of ether oxygens (including phenoxy) is 1. The summed E-state index contributed by atoms with van der Waals surface area (Å²) in [5, 5.41) is 7.40. The molecule has 17 heavy (non-hydrogen) atoms. The van der Waals surface area contributed by atoms with E-state index in [0.717, 1.165) is 24.0 Å². The lowest BCUT2D eigenvalue weighted by molar-refractivity contribution is 0.0171. The Balaban J connectivity index is 1.30. The lowest BCUT2D eigenvalue weighted by atomic mass is 9.87. The van der Waals surface area contributed by atoms with Gasteiger partial charge in [0.05, 0.1) is 6.10 Å². The number of piperidine rings is 1. The van der Waals surface area contributed by atoms with Gasteiger partial charge in [0, 0.05) is 25.2 Å². The molecule has 2 bridgehead atoms. The molecule has 2 saturated heterocycles. The molecule has 1 saturated carbocycles. The van der Waals surface area contributed by atoms with Crippen molar-refractivity contribution in [2.45, 2.75) is 69.2 Å². The molecule has 98 valence electrons. The van der Waals surface area contributed by atoms with E-state index in [9.17, 15) is 0 Å². The van der Waals surface area contributed by atoms with Crippen molar-refractivity contribution in [3.8, 4) is 0 Å². The lowest BCUT2D eigenvalue weighted by Gasteiger charge is -2.35. The zero-order valence-electron chi connectivity index (χ0n) is 11.0. The topological polar surface area (TPSA) is 33.3 Å². The first-order chi connectivity index (χ1) is 8.33. The van der Waals surface area contributed by atoms with Gasteiger partial charge in [-0.1, -0.05) is 0 Å². The van der Waals surface area contributed by atoms with Gasteiger partial charge in [-0.15, -0.1) is 0 Å². The van der Waals surface area contributed by atoms with E-state index in [4.69, 9.17) is 4.74 Å². The highest BCUT2D eigenvalue weighted by Gasteiger charge is 2.33. The molecule has 3 nitrogen and oxygen atoms in total. The maximum Gasteiger partial charge on any atom is 0.0601 e. The van der Waals surface area contributed by atoms with Gasteiger partial charge in [-0.25, -0.2) is 0 Å². The Labute approximate surface area is 105 Å². The Morgan fingerprint density at radius 2 is 1.82 bits per heavy atom. The molecule has 3 heteroatoms. The molecule has 0 spiro atoms. The van der Waals surface area contributed by atoms with Crippen LogP contribution in [0.25, 0.3) is 0 Å². The van der Waals surface area contributed by atoms with E-state index in [1.54, 1.807) is 0 Å². The van der Waals surface area contributed by atoms with Gasteiger partial charge in [0.1, 0.15) is 0 Å². The highest BCUT2D eigenvalue weighted by molar-refractivity contribution is 4.92. The Morgan fingerprint density at radius 3 is 2.47 bits per heavy atom. The molecular formula is C14H26N2O. The highest BCUT2D eigenvalue weighted by Crippen LogP contribution is 2.32. The van der Waals surface area contributed by atoms with E-state index in [2.05, 4.69) is 10.6 Å². The zero-order valence-corrected chi connectivity index (χ0v) is 11.0. The van der Waals surface area contributed by atoms with Gasteiger partial charge in [0.2, 0.25) is 0 Å². The Hall–Kier alpha value is -0.120.